The van der Waals surface area contributed by atoms with Gasteiger partial charge in [-0.25, -0.2) is 13.2 Å². The summed E-state index contributed by atoms with van der Waals surface area (Å²) in [6, 6.07) is 2.36. The summed E-state index contributed by atoms with van der Waals surface area (Å²) in [4.78, 5) is 11.2. The molecule has 0 radical (unpaired) electrons. The van der Waals surface area contributed by atoms with Gasteiger partial charge in [-0.15, -0.1) is 0 Å². The van der Waals surface area contributed by atoms with Gasteiger partial charge < -0.3 is 10.2 Å². The molecule has 6 nitrogen and oxygen atoms in total. The second-order valence-electron chi connectivity index (χ2n) is 5.33. The Labute approximate surface area is 124 Å². The van der Waals surface area contributed by atoms with Crippen molar-refractivity contribution < 1.29 is 23.4 Å². The molecule has 21 heavy (non-hydrogen) atoms. The Hall–Kier alpha value is -1.44. The van der Waals surface area contributed by atoms with Crippen molar-refractivity contribution >= 4 is 16.0 Å². The highest BCUT2D eigenvalue weighted by molar-refractivity contribution is 7.89. The molecule has 1 aliphatic heterocycles. The van der Waals surface area contributed by atoms with Crippen LogP contribution < -0.4 is 0 Å². The molecule has 2 N–H and O–H groups in total. The van der Waals surface area contributed by atoms with Gasteiger partial charge in [-0.1, -0.05) is 6.07 Å². The Morgan fingerprint density at radius 1 is 1.33 bits per heavy atom. The van der Waals surface area contributed by atoms with Crippen molar-refractivity contribution in [2.24, 2.45) is 0 Å². The maximum Gasteiger partial charge on any atom is 0.335 e. The van der Waals surface area contributed by atoms with Crippen LogP contribution in [0.2, 0.25) is 0 Å². The Morgan fingerprint density at radius 3 is 2.57 bits per heavy atom. The van der Waals surface area contributed by atoms with E-state index in [1.807, 2.05) is 0 Å². The highest BCUT2D eigenvalue weighted by atomic mass is 32.2. The molecule has 0 unspecified atom stereocenters. The van der Waals surface area contributed by atoms with Crippen LogP contribution in [0.5, 0.6) is 0 Å². The molecule has 1 heterocycles. The van der Waals surface area contributed by atoms with Crippen molar-refractivity contribution in [3.8, 4) is 0 Å². The number of hydrogen-bond donors (Lipinski definition) is 2. The highest BCUT2D eigenvalue weighted by Gasteiger charge is 2.36. The quantitative estimate of drug-likeness (QED) is 0.869. The third-order valence-corrected chi connectivity index (χ3v) is 5.97. The van der Waals surface area contributed by atoms with Gasteiger partial charge in [0.15, 0.2) is 0 Å². The summed E-state index contributed by atoms with van der Waals surface area (Å²) in [7, 11) is -3.79. The SMILES string of the molecule is Cc1cc(C)c(S(=O)(=O)N2CCC[C@@H]2CO)cc1C(=O)O. The second-order valence-corrected chi connectivity index (χ2v) is 7.19. The molecule has 0 aromatic heterocycles. The van der Waals surface area contributed by atoms with Crippen LogP contribution in [-0.4, -0.2) is 48.1 Å². The lowest BCUT2D eigenvalue weighted by Gasteiger charge is -2.23. The fraction of sp³-hybridized carbons (Fsp3) is 0.500. The first-order valence-corrected chi connectivity index (χ1v) is 8.20. The summed E-state index contributed by atoms with van der Waals surface area (Å²) in [5.41, 5.74) is 1.03. The minimum atomic E-state index is -3.79. The van der Waals surface area contributed by atoms with Crippen molar-refractivity contribution in [3.63, 3.8) is 0 Å². The number of hydrogen-bond acceptors (Lipinski definition) is 4. The molecule has 0 aliphatic carbocycles. The van der Waals surface area contributed by atoms with Crippen LogP contribution in [0.3, 0.4) is 0 Å². The molecule has 2 rings (SSSR count). The number of aliphatic hydroxyl groups is 1. The number of aromatic carboxylic acids is 1. The number of benzene rings is 1. The van der Waals surface area contributed by atoms with E-state index >= 15 is 0 Å². The Morgan fingerprint density at radius 2 is 2.00 bits per heavy atom. The molecule has 1 fully saturated rings. The Bertz CT molecular complexity index is 668. The first-order valence-electron chi connectivity index (χ1n) is 6.76. The van der Waals surface area contributed by atoms with Crippen LogP contribution in [-0.2, 0) is 10.0 Å². The summed E-state index contributed by atoms with van der Waals surface area (Å²) in [5, 5.41) is 18.5. The molecule has 1 aliphatic rings. The van der Waals surface area contributed by atoms with Gasteiger partial charge in [-0.3, -0.25) is 0 Å². The zero-order valence-electron chi connectivity index (χ0n) is 12.0. The van der Waals surface area contributed by atoms with E-state index in [0.717, 1.165) is 0 Å². The predicted octanol–water partition coefficient (Wildman–Crippen LogP) is 1.15. The van der Waals surface area contributed by atoms with Gasteiger partial charge in [0.2, 0.25) is 10.0 Å². The van der Waals surface area contributed by atoms with Gasteiger partial charge in [-0.05, 0) is 43.9 Å². The molecule has 116 valence electrons. The topological polar surface area (TPSA) is 94.9 Å². The number of carboxylic acid groups (broad SMARTS) is 1. The first kappa shape index (κ1) is 15.9. The largest absolute Gasteiger partial charge is 0.478 e. The van der Waals surface area contributed by atoms with E-state index in [1.54, 1.807) is 19.9 Å². The normalized spacial score (nSPS) is 19.9. The number of nitrogens with zero attached hydrogens (tertiary/aromatic N) is 1. The third-order valence-electron chi connectivity index (χ3n) is 3.87. The Kier molecular flexibility index (Phi) is 4.36. The molecule has 0 saturated carbocycles. The van der Waals surface area contributed by atoms with E-state index in [9.17, 15) is 18.3 Å². The van der Waals surface area contributed by atoms with Crippen LogP contribution in [0.1, 0.15) is 34.3 Å². The molecule has 1 atom stereocenters. The minimum Gasteiger partial charge on any atom is -0.478 e. The number of carboxylic acids is 1. The zero-order valence-corrected chi connectivity index (χ0v) is 12.9. The van der Waals surface area contributed by atoms with Crippen molar-refractivity contribution in [2.45, 2.75) is 37.6 Å². The zero-order chi connectivity index (χ0) is 15.8. The summed E-state index contributed by atoms with van der Waals surface area (Å²) in [6.45, 7) is 3.41. The average Bonchev–Trinajstić information content (AvgIpc) is 2.86. The molecular weight excluding hydrogens is 294 g/mol. The minimum absolute atomic E-state index is 0.00542. The smallest absolute Gasteiger partial charge is 0.335 e. The molecule has 1 saturated heterocycles. The van der Waals surface area contributed by atoms with E-state index < -0.39 is 22.0 Å². The molecule has 0 bridgehead atoms. The lowest BCUT2D eigenvalue weighted by Crippen LogP contribution is -2.38. The number of carbonyl (C=O) groups is 1. The average molecular weight is 313 g/mol. The molecule has 7 heteroatoms. The molecular formula is C14H19NO5S. The van der Waals surface area contributed by atoms with Gasteiger partial charge in [0.05, 0.1) is 17.1 Å². The van der Waals surface area contributed by atoms with Crippen molar-refractivity contribution in [1.82, 2.24) is 4.31 Å². The lowest BCUT2D eigenvalue weighted by molar-refractivity contribution is 0.0696. The monoisotopic (exact) mass is 313 g/mol. The van der Waals surface area contributed by atoms with Crippen LogP contribution in [0, 0.1) is 13.8 Å². The van der Waals surface area contributed by atoms with E-state index in [0.29, 0.717) is 30.5 Å². The van der Waals surface area contributed by atoms with Crippen molar-refractivity contribution in [1.29, 1.82) is 0 Å². The molecule has 1 aromatic rings. The van der Waals surface area contributed by atoms with Crippen LogP contribution in [0.15, 0.2) is 17.0 Å². The van der Waals surface area contributed by atoms with E-state index in [2.05, 4.69) is 0 Å². The van der Waals surface area contributed by atoms with Gasteiger partial charge in [0, 0.05) is 12.6 Å². The summed E-state index contributed by atoms with van der Waals surface area (Å²) in [5.74, 6) is -1.15. The standard InChI is InChI=1S/C14H19NO5S/c1-9-6-10(2)13(7-12(9)14(17)18)21(19,20)15-5-3-4-11(15)8-16/h6-7,11,16H,3-5,8H2,1-2H3,(H,17,18)/t11-/m1/s1. The van der Waals surface area contributed by atoms with Gasteiger partial charge in [0.1, 0.15) is 0 Å². The maximum atomic E-state index is 12.7. The van der Waals surface area contributed by atoms with E-state index in [4.69, 9.17) is 5.11 Å². The number of aryl methyl sites for hydroxylation is 2. The van der Waals surface area contributed by atoms with E-state index in [1.165, 1.54) is 10.4 Å². The third kappa shape index (κ3) is 2.81. The number of rotatable bonds is 4. The van der Waals surface area contributed by atoms with Gasteiger partial charge >= 0.3 is 5.97 Å². The van der Waals surface area contributed by atoms with Crippen LogP contribution in [0.4, 0.5) is 0 Å². The fourth-order valence-corrected chi connectivity index (χ4v) is 4.69. The lowest BCUT2D eigenvalue weighted by atomic mass is 10.1. The summed E-state index contributed by atoms with van der Waals surface area (Å²) in [6.07, 6.45) is 1.31. The molecule has 0 amide bonds. The summed E-state index contributed by atoms with van der Waals surface area (Å²) >= 11 is 0. The van der Waals surface area contributed by atoms with Gasteiger partial charge in [-0.2, -0.15) is 4.31 Å². The predicted molar refractivity (Wildman–Crippen MR) is 76.9 cm³/mol. The van der Waals surface area contributed by atoms with Gasteiger partial charge in [0.25, 0.3) is 0 Å². The van der Waals surface area contributed by atoms with Crippen LogP contribution >= 0.6 is 0 Å². The van der Waals surface area contributed by atoms with E-state index in [-0.39, 0.29) is 17.1 Å². The highest BCUT2D eigenvalue weighted by Crippen LogP contribution is 2.29. The maximum absolute atomic E-state index is 12.7. The van der Waals surface area contributed by atoms with Crippen molar-refractivity contribution in [2.75, 3.05) is 13.2 Å². The Balaban J connectivity index is 2.54. The summed E-state index contributed by atoms with van der Waals surface area (Å²) < 4.78 is 26.7. The molecule has 0 spiro atoms. The fourth-order valence-electron chi connectivity index (χ4n) is 2.78. The molecule has 1 aromatic carbocycles. The van der Waals surface area contributed by atoms with Crippen LogP contribution in [0.25, 0.3) is 0 Å². The number of aliphatic hydroxyl groups excluding tert-OH is 1. The second kappa shape index (κ2) is 5.75. The number of sulfonamides is 1. The van der Waals surface area contributed by atoms with Crippen molar-refractivity contribution in [3.05, 3.63) is 28.8 Å². The first-order chi connectivity index (χ1) is 9.78.